The van der Waals surface area contributed by atoms with Gasteiger partial charge in [-0.15, -0.1) is 0 Å². The van der Waals surface area contributed by atoms with Gasteiger partial charge in [-0.25, -0.2) is 0 Å². The highest BCUT2D eigenvalue weighted by atomic mass is 16.1. The van der Waals surface area contributed by atoms with Crippen molar-refractivity contribution in [1.29, 1.82) is 5.26 Å². The number of hydrogen-bond acceptors (Lipinski definition) is 3. The molecule has 0 aromatic heterocycles. The highest BCUT2D eigenvalue weighted by Crippen LogP contribution is 2.25. The first-order valence-corrected chi connectivity index (χ1v) is 4.69. The minimum Gasteiger partial charge on any atom is -0.330 e. The summed E-state index contributed by atoms with van der Waals surface area (Å²) in [5.74, 6) is 0.0911. The highest BCUT2D eigenvalue weighted by molar-refractivity contribution is 5.81. The molecule has 14 heavy (non-hydrogen) atoms. The lowest BCUT2D eigenvalue weighted by molar-refractivity contribution is -0.120. The van der Waals surface area contributed by atoms with Gasteiger partial charge in [0, 0.05) is 11.5 Å². The molecule has 2 N–H and O–H groups in total. The van der Waals surface area contributed by atoms with Crippen LogP contribution in [-0.2, 0) is 4.79 Å². The van der Waals surface area contributed by atoms with Crippen molar-refractivity contribution in [3.63, 3.8) is 0 Å². The van der Waals surface area contributed by atoms with E-state index in [1.54, 1.807) is 19.1 Å². The van der Waals surface area contributed by atoms with Crippen LogP contribution in [0.2, 0.25) is 0 Å². The molecule has 0 bridgehead atoms. The molecule has 2 atom stereocenters. The van der Waals surface area contributed by atoms with E-state index in [0.717, 1.165) is 6.42 Å². The van der Waals surface area contributed by atoms with Gasteiger partial charge >= 0.3 is 0 Å². The smallest absolute Gasteiger partial charge is 0.137 e. The van der Waals surface area contributed by atoms with E-state index in [1.807, 2.05) is 12.1 Å². The van der Waals surface area contributed by atoms with Crippen molar-refractivity contribution in [2.45, 2.75) is 13.3 Å². The van der Waals surface area contributed by atoms with Gasteiger partial charge in [-0.3, -0.25) is 4.79 Å². The summed E-state index contributed by atoms with van der Waals surface area (Å²) in [5.41, 5.74) is 6.03. The van der Waals surface area contributed by atoms with Crippen LogP contribution < -0.4 is 5.73 Å². The highest BCUT2D eigenvalue weighted by Gasteiger charge is 2.23. The molecule has 3 heteroatoms. The van der Waals surface area contributed by atoms with Gasteiger partial charge in [0.05, 0.1) is 6.07 Å². The zero-order chi connectivity index (χ0) is 10.6. The fourth-order valence-corrected chi connectivity index (χ4v) is 1.68. The largest absolute Gasteiger partial charge is 0.330 e. The third kappa shape index (κ3) is 2.30. The van der Waals surface area contributed by atoms with E-state index in [0.29, 0.717) is 12.1 Å². The maximum atomic E-state index is 11.3. The SMILES string of the molecule is CC(=O)C1C=C(C#N)C=CC1CCN. The second-order valence-corrected chi connectivity index (χ2v) is 3.47. The van der Waals surface area contributed by atoms with Gasteiger partial charge < -0.3 is 5.73 Å². The number of ketones is 1. The lowest BCUT2D eigenvalue weighted by Crippen LogP contribution is -2.23. The molecule has 0 heterocycles. The molecule has 0 saturated heterocycles. The molecule has 2 unspecified atom stereocenters. The minimum atomic E-state index is -0.168. The van der Waals surface area contributed by atoms with E-state index in [1.165, 1.54) is 0 Å². The Balaban J connectivity index is 2.84. The average Bonchev–Trinajstić information content (AvgIpc) is 2.18. The number of carbonyl (C=O) groups is 1. The van der Waals surface area contributed by atoms with Crippen LogP contribution in [0.25, 0.3) is 0 Å². The van der Waals surface area contributed by atoms with Crippen molar-refractivity contribution in [2.75, 3.05) is 6.54 Å². The van der Waals surface area contributed by atoms with Crippen LogP contribution in [0.5, 0.6) is 0 Å². The van der Waals surface area contributed by atoms with Crippen molar-refractivity contribution in [1.82, 2.24) is 0 Å². The summed E-state index contributed by atoms with van der Waals surface area (Å²) in [4.78, 5) is 11.3. The molecule has 0 aliphatic heterocycles. The van der Waals surface area contributed by atoms with Gasteiger partial charge in [-0.1, -0.05) is 12.2 Å². The average molecular weight is 190 g/mol. The second-order valence-electron chi connectivity index (χ2n) is 3.47. The molecule has 1 rings (SSSR count). The van der Waals surface area contributed by atoms with Crippen LogP contribution >= 0.6 is 0 Å². The molecule has 0 aromatic rings. The van der Waals surface area contributed by atoms with Gasteiger partial charge in [-0.2, -0.15) is 5.26 Å². The van der Waals surface area contributed by atoms with Crippen molar-refractivity contribution >= 4 is 5.78 Å². The standard InChI is InChI=1S/C11H14N2O/c1-8(14)11-6-9(7-13)2-3-10(11)4-5-12/h2-3,6,10-11H,4-5,12H2,1H3. The van der Waals surface area contributed by atoms with E-state index < -0.39 is 0 Å². The topological polar surface area (TPSA) is 66.9 Å². The van der Waals surface area contributed by atoms with Gasteiger partial charge in [0.1, 0.15) is 5.78 Å². The third-order valence-corrected chi connectivity index (χ3v) is 2.44. The fourth-order valence-electron chi connectivity index (χ4n) is 1.68. The van der Waals surface area contributed by atoms with E-state index in [2.05, 4.69) is 0 Å². The van der Waals surface area contributed by atoms with Crippen LogP contribution in [-0.4, -0.2) is 12.3 Å². The number of nitriles is 1. The summed E-state index contributed by atoms with van der Waals surface area (Å²) in [6.07, 6.45) is 6.20. The number of nitrogens with two attached hydrogens (primary N) is 1. The maximum absolute atomic E-state index is 11.3. The van der Waals surface area contributed by atoms with Gasteiger partial charge in [0.2, 0.25) is 0 Å². The van der Waals surface area contributed by atoms with E-state index in [-0.39, 0.29) is 17.6 Å². The maximum Gasteiger partial charge on any atom is 0.137 e. The molecule has 1 aliphatic rings. The summed E-state index contributed by atoms with van der Waals surface area (Å²) < 4.78 is 0. The Bertz CT molecular complexity index is 323. The van der Waals surface area contributed by atoms with Crippen LogP contribution in [0.1, 0.15) is 13.3 Å². The van der Waals surface area contributed by atoms with Crippen molar-refractivity contribution < 1.29 is 4.79 Å². The normalized spacial score (nSPS) is 25.4. The Kier molecular flexibility index (Phi) is 3.61. The monoisotopic (exact) mass is 190 g/mol. The molecular formula is C11H14N2O. The lowest BCUT2D eigenvalue weighted by Gasteiger charge is -2.21. The second kappa shape index (κ2) is 4.73. The number of allylic oxidation sites excluding steroid dienone is 4. The third-order valence-electron chi connectivity index (χ3n) is 2.44. The van der Waals surface area contributed by atoms with Gasteiger partial charge in [0.15, 0.2) is 0 Å². The summed E-state index contributed by atoms with van der Waals surface area (Å²) in [6, 6.07) is 2.04. The van der Waals surface area contributed by atoms with Gasteiger partial charge in [0.25, 0.3) is 0 Å². The first kappa shape index (κ1) is 10.7. The van der Waals surface area contributed by atoms with Crippen LogP contribution in [0.4, 0.5) is 0 Å². The lowest BCUT2D eigenvalue weighted by atomic mass is 9.81. The fraction of sp³-hybridized carbons (Fsp3) is 0.455. The Morgan fingerprint density at radius 2 is 2.43 bits per heavy atom. The van der Waals surface area contributed by atoms with Crippen molar-refractivity contribution in [2.24, 2.45) is 17.6 Å². The van der Waals surface area contributed by atoms with Crippen LogP contribution in [0.15, 0.2) is 23.8 Å². The molecule has 0 spiro atoms. The summed E-state index contributed by atoms with van der Waals surface area (Å²) in [5, 5.41) is 8.70. The van der Waals surface area contributed by atoms with E-state index in [4.69, 9.17) is 11.0 Å². The number of hydrogen-bond donors (Lipinski definition) is 1. The molecule has 1 aliphatic carbocycles. The molecule has 0 amide bonds. The Hall–Kier alpha value is -1.40. The quantitative estimate of drug-likeness (QED) is 0.726. The Labute approximate surface area is 83.9 Å². The summed E-state index contributed by atoms with van der Waals surface area (Å²) in [7, 11) is 0. The molecule has 74 valence electrons. The first-order chi connectivity index (χ1) is 6.69. The number of carbonyl (C=O) groups excluding carboxylic acids is 1. The van der Waals surface area contributed by atoms with Crippen LogP contribution in [0.3, 0.4) is 0 Å². The number of Topliss-reactive ketones (excluding diaryl/α,β-unsaturated/α-hetero) is 1. The molecular weight excluding hydrogens is 176 g/mol. The number of nitrogens with zero attached hydrogens (tertiary/aromatic N) is 1. The predicted octanol–water partition coefficient (Wildman–Crippen LogP) is 1.18. The molecule has 3 nitrogen and oxygen atoms in total. The van der Waals surface area contributed by atoms with Crippen molar-refractivity contribution in [3.05, 3.63) is 23.8 Å². The number of rotatable bonds is 3. The molecule has 0 saturated carbocycles. The summed E-state index contributed by atoms with van der Waals surface area (Å²) >= 11 is 0. The minimum absolute atomic E-state index is 0.0977. The molecule has 0 fully saturated rings. The summed E-state index contributed by atoms with van der Waals surface area (Å²) in [6.45, 7) is 2.12. The molecule has 0 aromatic carbocycles. The van der Waals surface area contributed by atoms with E-state index in [9.17, 15) is 4.79 Å². The zero-order valence-electron chi connectivity index (χ0n) is 8.23. The first-order valence-electron chi connectivity index (χ1n) is 4.69. The Morgan fingerprint density at radius 3 is 2.93 bits per heavy atom. The van der Waals surface area contributed by atoms with Gasteiger partial charge in [-0.05, 0) is 31.9 Å². The zero-order valence-corrected chi connectivity index (χ0v) is 8.23. The Morgan fingerprint density at radius 1 is 1.71 bits per heavy atom. The molecule has 0 radical (unpaired) electrons. The predicted molar refractivity (Wildman–Crippen MR) is 54.2 cm³/mol. The van der Waals surface area contributed by atoms with Crippen LogP contribution in [0, 0.1) is 23.2 Å². The van der Waals surface area contributed by atoms with Crippen molar-refractivity contribution in [3.8, 4) is 6.07 Å². The van der Waals surface area contributed by atoms with E-state index >= 15 is 0 Å².